The highest BCUT2D eigenvalue weighted by Crippen LogP contribution is 2.25. The lowest BCUT2D eigenvalue weighted by molar-refractivity contribution is 0.208. The summed E-state index contributed by atoms with van der Waals surface area (Å²) in [6.45, 7) is 3.93. The molecule has 0 heterocycles. The van der Waals surface area contributed by atoms with Gasteiger partial charge in [-0.2, -0.15) is 5.26 Å². The zero-order valence-corrected chi connectivity index (χ0v) is 15.7. The Morgan fingerprint density at radius 3 is 2.70 bits per heavy atom. The normalized spacial score (nSPS) is 9.85. The molecule has 0 atom stereocenters. The quantitative estimate of drug-likeness (QED) is 0.748. The van der Waals surface area contributed by atoms with Crippen molar-refractivity contribution < 1.29 is 14.3 Å². The van der Waals surface area contributed by atoms with Crippen molar-refractivity contribution in [3.05, 3.63) is 53.1 Å². The van der Waals surface area contributed by atoms with Crippen LogP contribution in [-0.2, 0) is 0 Å². The summed E-state index contributed by atoms with van der Waals surface area (Å²) in [5.74, 6) is 0.232. The number of amides is 3. The Labute approximate surface area is 162 Å². The Morgan fingerprint density at radius 2 is 2.04 bits per heavy atom. The first kappa shape index (κ1) is 20.1. The molecule has 2 aromatic rings. The zero-order valence-electron chi connectivity index (χ0n) is 15.0. The Morgan fingerprint density at radius 1 is 1.26 bits per heavy atom. The Bertz CT molecular complexity index is 879. The van der Waals surface area contributed by atoms with E-state index in [0.717, 1.165) is 5.56 Å². The monoisotopic (exact) mass is 386 g/mol. The lowest BCUT2D eigenvalue weighted by atomic mass is 10.2. The van der Waals surface area contributed by atoms with Crippen molar-refractivity contribution >= 4 is 35.1 Å². The van der Waals surface area contributed by atoms with E-state index in [1.165, 1.54) is 11.0 Å². The summed E-state index contributed by atoms with van der Waals surface area (Å²) in [7, 11) is 0. The van der Waals surface area contributed by atoms with E-state index in [1.807, 2.05) is 13.0 Å². The number of ether oxygens (including phenoxy) is 1. The summed E-state index contributed by atoms with van der Waals surface area (Å²) in [4.78, 5) is 25.3. The summed E-state index contributed by atoms with van der Waals surface area (Å²) in [5.41, 5.74) is 1.78. The molecule has 0 aliphatic rings. The highest BCUT2D eigenvalue weighted by molar-refractivity contribution is 6.31. The fourth-order valence-corrected chi connectivity index (χ4v) is 2.39. The van der Waals surface area contributed by atoms with Crippen LogP contribution in [0.2, 0.25) is 5.02 Å². The molecule has 0 aliphatic carbocycles. The first-order valence-electron chi connectivity index (χ1n) is 8.22. The molecule has 140 valence electrons. The number of nitriles is 1. The van der Waals surface area contributed by atoms with Gasteiger partial charge in [0.15, 0.2) is 0 Å². The Kier molecular flexibility index (Phi) is 7.03. The molecule has 7 nitrogen and oxygen atoms in total. The van der Waals surface area contributed by atoms with Crippen molar-refractivity contribution in [1.29, 1.82) is 5.26 Å². The number of carbonyl (C=O) groups excluding carboxylic acids is 2. The van der Waals surface area contributed by atoms with Crippen LogP contribution in [0.15, 0.2) is 42.5 Å². The van der Waals surface area contributed by atoms with Crippen molar-refractivity contribution in [3.8, 4) is 11.8 Å². The van der Waals surface area contributed by atoms with Gasteiger partial charge in [0, 0.05) is 29.0 Å². The molecule has 0 fully saturated rings. The van der Waals surface area contributed by atoms with Gasteiger partial charge in [0.25, 0.3) is 0 Å². The van der Waals surface area contributed by atoms with Crippen LogP contribution in [0.5, 0.6) is 5.75 Å². The smallest absolute Gasteiger partial charge is 0.410 e. The number of carbonyl (C=O) groups is 2. The molecule has 0 bridgehead atoms. The van der Waals surface area contributed by atoms with Crippen LogP contribution in [0.3, 0.4) is 0 Å². The van der Waals surface area contributed by atoms with Gasteiger partial charge in [0.2, 0.25) is 0 Å². The lowest BCUT2D eigenvalue weighted by Crippen LogP contribution is -2.34. The van der Waals surface area contributed by atoms with E-state index in [4.69, 9.17) is 21.6 Å². The van der Waals surface area contributed by atoms with Gasteiger partial charge in [0.1, 0.15) is 12.3 Å². The molecule has 0 radical (unpaired) electrons. The maximum Gasteiger partial charge on any atom is 0.420 e. The summed E-state index contributed by atoms with van der Waals surface area (Å²) < 4.78 is 5.36. The largest absolute Gasteiger partial charge is 0.420 e. The molecule has 0 unspecified atom stereocenters. The number of nitrogens with one attached hydrogen (secondary N) is 2. The van der Waals surface area contributed by atoms with E-state index in [9.17, 15) is 9.59 Å². The van der Waals surface area contributed by atoms with Crippen LogP contribution in [0, 0.1) is 18.3 Å². The van der Waals surface area contributed by atoms with Gasteiger partial charge in [0.05, 0.1) is 6.07 Å². The van der Waals surface area contributed by atoms with Crippen LogP contribution < -0.4 is 20.3 Å². The van der Waals surface area contributed by atoms with Crippen LogP contribution in [0.25, 0.3) is 0 Å². The second kappa shape index (κ2) is 9.46. The first-order chi connectivity index (χ1) is 12.9. The number of urea groups is 1. The molecule has 2 rings (SSSR count). The average Bonchev–Trinajstić information content (AvgIpc) is 2.62. The van der Waals surface area contributed by atoms with Gasteiger partial charge in [-0.1, -0.05) is 23.7 Å². The third kappa shape index (κ3) is 5.62. The molecule has 2 N–H and O–H groups in total. The molecule has 0 aromatic heterocycles. The van der Waals surface area contributed by atoms with E-state index in [-0.39, 0.29) is 18.3 Å². The molecular formula is C19H19ClN4O3. The minimum atomic E-state index is -0.730. The van der Waals surface area contributed by atoms with Gasteiger partial charge in [-0.15, -0.1) is 0 Å². The van der Waals surface area contributed by atoms with E-state index >= 15 is 0 Å². The predicted octanol–water partition coefficient (Wildman–Crippen LogP) is 4.32. The van der Waals surface area contributed by atoms with Crippen molar-refractivity contribution in [3.63, 3.8) is 0 Å². The minimum Gasteiger partial charge on any atom is -0.410 e. The Balaban J connectivity index is 2.16. The van der Waals surface area contributed by atoms with E-state index < -0.39 is 6.09 Å². The molecular weight excluding hydrogens is 368 g/mol. The zero-order chi connectivity index (χ0) is 19.8. The van der Waals surface area contributed by atoms with Crippen molar-refractivity contribution in [2.24, 2.45) is 0 Å². The number of aryl methyl sites for hydroxylation is 1. The van der Waals surface area contributed by atoms with E-state index in [2.05, 4.69) is 10.6 Å². The highest BCUT2D eigenvalue weighted by Gasteiger charge is 2.19. The molecule has 0 saturated carbocycles. The molecule has 0 spiro atoms. The number of halogens is 1. The third-order valence-electron chi connectivity index (χ3n) is 3.55. The number of benzene rings is 2. The van der Waals surface area contributed by atoms with E-state index in [0.29, 0.717) is 22.9 Å². The fourth-order valence-electron chi connectivity index (χ4n) is 2.21. The van der Waals surface area contributed by atoms with Crippen LogP contribution in [-0.4, -0.2) is 25.2 Å². The van der Waals surface area contributed by atoms with Crippen LogP contribution in [0.1, 0.15) is 12.5 Å². The second-order valence-electron chi connectivity index (χ2n) is 5.56. The first-order valence-corrected chi connectivity index (χ1v) is 8.59. The summed E-state index contributed by atoms with van der Waals surface area (Å²) in [6.07, 6.45) is -0.730. The molecule has 27 heavy (non-hydrogen) atoms. The fraction of sp³-hybridized carbons (Fsp3) is 0.211. The lowest BCUT2D eigenvalue weighted by Gasteiger charge is -2.20. The predicted molar refractivity (Wildman–Crippen MR) is 104 cm³/mol. The number of nitrogens with zero attached hydrogens (tertiary/aromatic N) is 2. The second-order valence-corrected chi connectivity index (χ2v) is 5.97. The number of hydrogen-bond donors (Lipinski definition) is 2. The Hall–Kier alpha value is -3.24. The van der Waals surface area contributed by atoms with Gasteiger partial charge >= 0.3 is 12.1 Å². The standard InChI is InChI=1S/C19H19ClN4O3/c1-3-22-18(25)23-14-5-4-6-16(11-14)27-19(26)24(10-9-21)15-8-7-13(2)17(20)12-15/h4-8,11-12H,3,10H2,1-2H3,(H2,22,23,25). The molecule has 0 saturated heterocycles. The number of hydrogen-bond acceptors (Lipinski definition) is 4. The molecule has 8 heteroatoms. The maximum absolute atomic E-state index is 12.5. The summed E-state index contributed by atoms with van der Waals surface area (Å²) >= 11 is 6.11. The number of rotatable bonds is 5. The van der Waals surface area contributed by atoms with Crippen molar-refractivity contribution in [2.45, 2.75) is 13.8 Å². The minimum absolute atomic E-state index is 0.199. The van der Waals surface area contributed by atoms with Gasteiger partial charge in [-0.25, -0.2) is 9.59 Å². The highest BCUT2D eigenvalue weighted by atomic mass is 35.5. The third-order valence-corrected chi connectivity index (χ3v) is 3.96. The molecule has 0 aliphatic heterocycles. The van der Waals surface area contributed by atoms with E-state index in [1.54, 1.807) is 43.3 Å². The van der Waals surface area contributed by atoms with Gasteiger partial charge in [-0.05, 0) is 43.7 Å². The average molecular weight is 387 g/mol. The number of anilines is 2. The van der Waals surface area contributed by atoms with Crippen molar-refractivity contribution in [1.82, 2.24) is 5.32 Å². The summed E-state index contributed by atoms with van der Waals surface area (Å²) in [6, 6.07) is 13.0. The maximum atomic E-state index is 12.5. The summed E-state index contributed by atoms with van der Waals surface area (Å²) in [5, 5.41) is 14.8. The molecule has 3 amide bonds. The van der Waals surface area contributed by atoms with Crippen molar-refractivity contribution in [2.75, 3.05) is 23.3 Å². The van der Waals surface area contributed by atoms with Crippen LogP contribution >= 0.6 is 11.6 Å². The topological polar surface area (TPSA) is 94.5 Å². The SMILES string of the molecule is CCNC(=O)Nc1cccc(OC(=O)N(CC#N)c2ccc(C)c(Cl)c2)c1. The van der Waals surface area contributed by atoms with Gasteiger partial charge in [-0.3, -0.25) is 4.90 Å². The molecule has 2 aromatic carbocycles. The van der Waals surface area contributed by atoms with Crippen LogP contribution in [0.4, 0.5) is 21.0 Å². The van der Waals surface area contributed by atoms with Gasteiger partial charge < -0.3 is 15.4 Å².